The van der Waals surface area contributed by atoms with E-state index in [1.807, 2.05) is 28.9 Å². The monoisotopic (exact) mass is 344 g/mol. The van der Waals surface area contributed by atoms with E-state index in [2.05, 4.69) is 40.5 Å². The Kier molecular flexibility index (Phi) is 5.40. The normalized spacial score (nSPS) is 19.0. The highest BCUT2D eigenvalue weighted by Gasteiger charge is 2.28. The highest BCUT2D eigenvalue weighted by atomic mass is 16.2. The predicted molar refractivity (Wildman–Crippen MR) is 96.1 cm³/mol. The molecule has 2 unspecified atom stereocenters. The Balaban J connectivity index is 1.54. The van der Waals surface area contributed by atoms with E-state index in [-0.39, 0.29) is 12.1 Å². The molecule has 136 valence electrons. The van der Waals surface area contributed by atoms with Crippen LogP contribution in [0.3, 0.4) is 0 Å². The van der Waals surface area contributed by atoms with Gasteiger partial charge < -0.3 is 10.2 Å². The minimum atomic E-state index is 0.0196. The minimum absolute atomic E-state index is 0.0196. The Labute approximate surface area is 148 Å². The fraction of sp³-hybridized carbons (Fsp3) is 0.611. The fourth-order valence-corrected chi connectivity index (χ4v) is 3.55. The number of hydrogen-bond acceptors (Lipinski definition) is 3. The number of urea groups is 1. The number of nitrogens with zero attached hydrogens (tertiary/aromatic N) is 4. The summed E-state index contributed by atoms with van der Waals surface area (Å²) in [7, 11) is 0. The van der Waals surface area contributed by atoms with Crippen LogP contribution in [0.25, 0.3) is 0 Å². The molecule has 0 spiro atoms. The first-order valence-corrected chi connectivity index (χ1v) is 9.09. The first-order chi connectivity index (χ1) is 12.0. The Morgan fingerprint density at radius 2 is 2.28 bits per heavy atom. The zero-order valence-corrected chi connectivity index (χ0v) is 15.3. The quantitative estimate of drug-likeness (QED) is 0.875. The van der Waals surface area contributed by atoms with E-state index in [1.54, 1.807) is 0 Å². The Morgan fingerprint density at radius 1 is 1.44 bits per heavy atom. The van der Waals surface area contributed by atoms with Crippen LogP contribution in [0.5, 0.6) is 0 Å². The topological polar surface area (TPSA) is 78.8 Å². The van der Waals surface area contributed by atoms with Crippen LogP contribution in [0.4, 0.5) is 4.79 Å². The average molecular weight is 344 g/mol. The SMILES string of the molecule is Cc1cc(C)n(CC(C)CNC(=O)N2CCCCC2c2cn[nH]c2)n1. The van der Waals surface area contributed by atoms with Gasteiger partial charge in [-0.05, 0) is 45.1 Å². The highest BCUT2D eigenvalue weighted by Crippen LogP contribution is 2.30. The first kappa shape index (κ1) is 17.5. The lowest BCUT2D eigenvalue weighted by Gasteiger charge is -2.35. The van der Waals surface area contributed by atoms with Gasteiger partial charge in [-0.1, -0.05) is 6.92 Å². The molecule has 0 saturated carbocycles. The summed E-state index contributed by atoms with van der Waals surface area (Å²) in [5.41, 5.74) is 3.28. The molecule has 0 bridgehead atoms. The lowest BCUT2D eigenvalue weighted by atomic mass is 9.98. The molecule has 1 fully saturated rings. The second-order valence-electron chi connectivity index (χ2n) is 7.14. The van der Waals surface area contributed by atoms with Gasteiger partial charge >= 0.3 is 6.03 Å². The summed E-state index contributed by atoms with van der Waals surface area (Å²) in [5, 5.41) is 14.5. The maximum Gasteiger partial charge on any atom is 0.317 e. The average Bonchev–Trinajstić information content (AvgIpc) is 3.23. The number of aryl methyl sites for hydroxylation is 2. The van der Waals surface area contributed by atoms with E-state index in [0.29, 0.717) is 12.5 Å². The maximum atomic E-state index is 12.7. The van der Waals surface area contributed by atoms with Crippen LogP contribution in [-0.2, 0) is 6.54 Å². The van der Waals surface area contributed by atoms with E-state index in [1.165, 1.54) is 0 Å². The summed E-state index contributed by atoms with van der Waals surface area (Å²) in [6.07, 6.45) is 6.91. The van der Waals surface area contributed by atoms with Crippen molar-refractivity contribution in [3.05, 3.63) is 35.4 Å². The van der Waals surface area contributed by atoms with Gasteiger partial charge in [0.25, 0.3) is 0 Å². The van der Waals surface area contributed by atoms with E-state index >= 15 is 0 Å². The summed E-state index contributed by atoms with van der Waals surface area (Å²) >= 11 is 0. The summed E-state index contributed by atoms with van der Waals surface area (Å²) in [5.74, 6) is 0.319. The predicted octanol–water partition coefficient (Wildman–Crippen LogP) is 2.80. The molecule has 0 aliphatic carbocycles. The number of amides is 2. The summed E-state index contributed by atoms with van der Waals surface area (Å²) in [6.45, 7) is 8.46. The Morgan fingerprint density at radius 3 is 2.96 bits per heavy atom. The van der Waals surface area contributed by atoms with E-state index in [4.69, 9.17) is 0 Å². The number of hydrogen-bond donors (Lipinski definition) is 2. The second-order valence-corrected chi connectivity index (χ2v) is 7.14. The zero-order valence-electron chi connectivity index (χ0n) is 15.3. The van der Waals surface area contributed by atoms with Crippen molar-refractivity contribution in [3.63, 3.8) is 0 Å². The fourth-order valence-electron chi connectivity index (χ4n) is 3.55. The van der Waals surface area contributed by atoms with Crippen molar-refractivity contribution in [2.75, 3.05) is 13.1 Å². The number of aromatic amines is 1. The maximum absolute atomic E-state index is 12.7. The molecule has 2 atom stereocenters. The number of rotatable bonds is 5. The molecule has 1 aliphatic rings. The van der Waals surface area contributed by atoms with Crippen LogP contribution in [-0.4, -0.2) is 44.0 Å². The molecule has 3 heterocycles. The van der Waals surface area contributed by atoms with Crippen LogP contribution in [0.2, 0.25) is 0 Å². The summed E-state index contributed by atoms with van der Waals surface area (Å²) < 4.78 is 2.02. The molecule has 2 aromatic heterocycles. The zero-order chi connectivity index (χ0) is 17.8. The Hall–Kier alpha value is -2.31. The summed E-state index contributed by atoms with van der Waals surface area (Å²) in [4.78, 5) is 14.6. The smallest absolute Gasteiger partial charge is 0.317 e. The van der Waals surface area contributed by atoms with Gasteiger partial charge in [-0.15, -0.1) is 0 Å². The van der Waals surface area contributed by atoms with Crippen LogP contribution in [0.1, 0.15) is 49.2 Å². The lowest BCUT2D eigenvalue weighted by Crippen LogP contribution is -2.45. The standard InChI is InChI=1S/C18H28N6O/c1-13(12-24-15(3)8-14(2)22-24)9-19-18(25)23-7-5-4-6-17(23)16-10-20-21-11-16/h8,10-11,13,17H,4-7,9,12H2,1-3H3,(H,19,25)(H,20,21). The third-order valence-corrected chi connectivity index (χ3v) is 4.86. The molecular formula is C18H28N6O. The molecule has 0 aromatic carbocycles. The largest absolute Gasteiger partial charge is 0.338 e. The molecule has 7 nitrogen and oxygen atoms in total. The Bertz CT molecular complexity index is 692. The number of H-pyrrole nitrogens is 1. The van der Waals surface area contributed by atoms with Crippen molar-refractivity contribution < 1.29 is 4.79 Å². The van der Waals surface area contributed by atoms with Crippen molar-refractivity contribution in [2.24, 2.45) is 5.92 Å². The van der Waals surface area contributed by atoms with Crippen molar-refractivity contribution >= 4 is 6.03 Å². The molecule has 25 heavy (non-hydrogen) atoms. The molecule has 0 radical (unpaired) electrons. The molecule has 7 heteroatoms. The van der Waals surface area contributed by atoms with Gasteiger partial charge in [0.05, 0.1) is 17.9 Å². The number of carbonyl (C=O) groups excluding carboxylic acids is 1. The van der Waals surface area contributed by atoms with Crippen molar-refractivity contribution in [1.82, 2.24) is 30.2 Å². The highest BCUT2D eigenvalue weighted by molar-refractivity contribution is 5.74. The molecule has 1 aliphatic heterocycles. The van der Waals surface area contributed by atoms with Crippen LogP contribution >= 0.6 is 0 Å². The van der Waals surface area contributed by atoms with Gasteiger partial charge in [0.1, 0.15) is 0 Å². The van der Waals surface area contributed by atoms with Gasteiger partial charge in [-0.3, -0.25) is 9.78 Å². The molecule has 2 N–H and O–H groups in total. The molecular weight excluding hydrogens is 316 g/mol. The number of aromatic nitrogens is 4. The van der Waals surface area contributed by atoms with Gasteiger partial charge in [-0.2, -0.15) is 10.2 Å². The number of likely N-dealkylation sites (tertiary alicyclic amines) is 1. The third-order valence-electron chi connectivity index (χ3n) is 4.86. The molecule has 1 saturated heterocycles. The summed E-state index contributed by atoms with van der Waals surface area (Å²) in [6, 6.07) is 2.22. The molecule has 3 rings (SSSR count). The van der Waals surface area contributed by atoms with Crippen molar-refractivity contribution in [1.29, 1.82) is 0 Å². The van der Waals surface area contributed by atoms with E-state index < -0.39 is 0 Å². The number of nitrogens with one attached hydrogen (secondary N) is 2. The minimum Gasteiger partial charge on any atom is -0.338 e. The third kappa shape index (κ3) is 4.21. The van der Waals surface area contributed by atoms with Gasteiger partial charge in [-0.25, -0.2) is 4.79 Å². The second kappa shape index (κ2) is 7.72. The van der Waals surface area contributed by atoms with Gasteiger partial charge in [0.15, 0.2) is 0 Å². The number of piperidine rings is 1. The van der Waals surface area contributed by atoms with Crippen LogP contribution in [0, 0.1) is 19.8 Å². The first-order valence-electron chi connectivity index (χ1n) is 9.09. The lowest BCUT2D eigenvalue weighted by molar-refractivity contribution is 0.150. The molecule has 2 amide bonds. The molecule has 2 aromatic rings. The van der Waals surface area contributed by atoms with E-state index in [9.17, 15) is 4.79 Å². The number of carbonyl (C=O) groups is 1. The van der Waals surface area contributed by atoms with Gasteiger partial charge in [0.2, 0.25) is 0 Å². The van der Waals surface area contributed by atoms with Crippen molar-refractivity contribution in [2.45, 2.75) is 52.6 Å². The van der Waals surface area contributed by atoms with E-state index in [0.717, 1.165) is 49.3 Å². The van der Waals surface area contributed by atoms with Crippen LogP contribution < -0.4 is 5.32 Å². The van der Waals surface area contributed by atoms with Crippen LogP contribution in [0.15, 0.2) is 18.5 Å². The van der Waals surface area contributed by atoms with Crippen molar-refractivity contribution in [3.8, 4) is 0 Å². The van der Waals surface area contributed by atoms with Gasteiger partial charge in [0, 0.05) is 37.1 Å².